The first-order valence-electron chi connectivity index (χ1n) is 4.77. The second kappa shape index (κ2) is 5.51. The normalized spacial score (nSPS) is 11.1. The molecule has 0 radical (unpaired) electrons. The van der Waals surface area contributed by atoms with Gasteiger partial charge in [-0.1, -0.05) is 0 Å². The van der Waals surface area contributed by atoms with Crippen LogP contribution in [0, 0.1) is 0 Å². The van der Waals surface area contributed by atoms with Crippen molar-refractivity contribution in [3.63, 3.8) is 0 Å². The van der Waals surface area contributed by atoms with Crippen LogP contribution in [0.5, 0.6) is 5.75 Å². The van der Waals surface area contributed by atoms with Gasteiger partial charge in [0.2, 0.25) is 0 Å². The Hall–Kier alpha value is -1.79. The Bertz CT molecular complexity index is 375. The van der Waals surface area contributed by atoms with Crippen LogP contribution in [0.25, 0.3) is 0 Å². The molecule has 1 rings (SSSR count). The van der Waals surface area contributed by atoms with E-state index in [0.717, 1.165) is 12.3 Å². The van der Waals surface area contributed by atoms with Crippen molar-refractivity contribution >= 4 is 5.97 Å². The predicted octanol–water partition coefficient (Wildman–Crippen LogP) is 2.09. The summed E-state index contributed by atoms with van der Waals surface area (Å²) in [6.07, 6.45) is -3.92. The number of hydrogen-bond donors (Lipinski definition) is 0. The number of nitrogens with zero attached hydrogens (tertiary/aromatic N) is 1. The van der Waals surface area contributed by atoms with Gasteiger partial charge < -0.3 is 9.47 Å². The molecule has 1 heterocycles. The monoisotopic (exact) mass is 249 g/mol. The number of hydrogen-bond acceptors (Lipinski definition) is 4. The highest BCUT2D eigenvalue weighted by molar-refractivity contribution is 5.71. The Kier molecular flexibility index (Phi) is 4.30. The number of carbonyl (C=O) groups is 1. The molecule has 0 saturated heterocycles. The molecule has 1 aromatic rings. The lowest BCUT2D eigenvalue weighted by Gasteiger charge is -2.08. The number of aromatic nitrogens is 1. The van der Waals surface area contributed by atoms with Crippen molar-refractivity contribution in [2.75, 3.05) is 6.61 Å². The van der Waals surface area contributed by atoms with Gasteiger partial charge in [0.15, 0.2) is 0 Å². The summed E-state index contributed by atoms with van der Waals surface area (Å²) in [7, 11) is 0. The summed E-state index contributed by atoms with van der Waals surface area (Å²) < 4.78 is 43.8. The fourth-order valence-corrected chi connectivity index (χ4v) is 1.07. The number of carbonyl (C=O) groups excluding carboxylic acids is 1. The van der Waals surface area contributed by atoms with Gasteiger partial charge in [0, 0.05) is 0 Å². The van der Waals surface area contributed by atoms with E-state index in [0.29, 0.717) is 5.69 Å². The van der Waals surface area contributed by atoms with Gasteiger partial charge in [-0.05, 0) is 19.1 Å². The van der Waals surface area contributed by atoms with Crippen molar-refractivity contribution in [1.29, 1.82) is 0 Å². The molecule has 0 aliphatic rings. The highest BCUT2D eigenvalue weighted by Crippen LogP contribution is 2.21. The zero-order valence-corrected chi connectivity index (χ0v) is 8.95. The lowest BCUT2D eigenvalue weighted by Crippen LogP contribution is -2.17. The largest absolute Gasteiger partial charge is 0.573 e. The number of pyridine rings is 1. The van der Waals surface area contributed by atoms with Crippen LogP contribution in [0.2, 0.25) is 0 Å². The molecule has 0 aromatic carbocycles. The SMILES string of the molecule is CCOC(=O)Cc1ccc(OC(F)(F)F)cn1. The maximum absolute atomic E-state index is 11.8. The second-order valence-corrected chi connectivity index (χ2v) is 3.01. The van der Waals surface area contributed by atoms with Crippen molar-refractivity contribution < 1.29 is 27.4 Å². The van der Waals surface area contributed by atoms with Crippen molar-refractivity contribution in [2.45, 2.75) is 19.7 Å². The van der Waals surface area contributed by atoms with Gasteiger partial charge in [0.25, 0.3) is 0 Å². The van der Waals surface area contributed by atoms with Gasteiger partial charge in [-0.2, -0.15) is 0 Å². The molecule has 1 aromatic heterocycles. The molecule has 94 valence electrons. The van der Waals surface area contributed by atoms with Gasteiger partial charge >= 0.3 is 12.3 Å². The summed E-state index contributed by atoms with van der Waals surface area (Å²) in [5, 5.41) is 0. The third-order valence-corrected chi connectivity index (χ3v) is 1.66. The van der Waals surface area contributed by atoms with Crippen molar-refractivity contribution in [1.82, 2.24) is 4.98 Å². The Morgan fingerprint density at radius 2 is 2.12 bits per heavy atom. The van der Waals surface area contributed by atoms with Crippen LogP contribution in [0.4, 0.5) is 13.2 Å². The number of ether oxygens (including phenoxy) is 2. The number of rotatable bonds is 4. The zero-order chi connectivity index (χ0) is 12.9. The third kappa shape index (κ3) is 5.19. The van der Waals surface area contributed by atoms with E-state index in [-0.39, 0.29) is 13.0 Å². The van der Waals surface area contributed by atoms with Gasteiger partial charge in [0.1, 0.15) is 5.75 Å². The van der Waals surface area contributed by atoms with Crippen LogP contribution in [0.3, 0.4) is 0 Å². The second-order valence-electron chi connectivity index (χ2n) is 3.01. The smallest absolute Gasteiger partial charge is 0.466 e. The maximum Gasteiger partial charge on any atom is 0.573 e. The Balaban J connectivity index is 2.59. The average molecular weight is 249 g/mol. The maximum atomic E-state index is 11.8. The molecule has 0 bridgehead atoms. The minimum atomic E-state index is -4.75. The average Bonchev–Trinajstić information content (AvgIpc) is 2.19. The standard InChI is InChI=1S/C10H10F3NO3/c1-2-16-9(15)5-7-3-4-8(6-14-7)17-10(11,12)13/h3-4,6H,2,5H2,1H3. The third-order valence-electron chi connectivity index (χ3n) is 1.66. The molecule has 0 fully saturated rings. The molecule has 0 spiro atoms. The molecule has 0 N–H and O–H groups in total. The topological polar surface area (TPSA) is 48.4 Å². The molecule has 0 aliphatic carbocycles. The van der Waals surface area contributed by atoms with E-state index in [1.54, 1.807) is 6.92 Å². The zero-order valence-electron chi connectivity index (χ0n) is 8.95. The van der Waals surface area contributed by atoms with Gasteiger partial charge in [-0.3, -0.25) is 9.78 Å². The Morgan fingerprint density at radius 3 is 2.59 bits per heavy atom. The predicted molar refractivity (Wildman–Crippen MR) is 51.3 cm³/mol. The van der Waals surface area contributed by atoms with Crippen LogP contribution in [0.1, 0.15) is 12.6 Å². The van der Waals surface area contributed by atoms with Crippen LogP contribution in [0.15, 0.2) is 18.3 Å². The first-order chi connectivity index (χ1) is 7.90. The number of halogens is 3. The molecule has 0 amide bonds. The first kappa shape index (κ1) is 13.3. The molecule has 4 nitrogen and oxygen atoms in total. The Morgan fingerprint density at radius 1 is 1.41 bits per heavy atom. The first-order valence-corrected chi connectivity index (χ1v) is 4.77. The minimum Gasteiger partial charge on any atom is -0.466 e. The summed E-state index contributed by atoms with van der Waals surface area (Å²) in [6, 6.07) is 2.37. The highest BCUT2D eigenvalue weighted by atomic mass is 19.4. The lowest BCUT2D eigenvalue weighted by atomic mass is 10.3. The van der Waals surface area contributed by atoms with Gasteiger partial charge in [-0.15, -0.1) is 13.2 Å². The van der Waals surface area contributed by atoms with Gasteiger partial charge in [-0.25, -0.2) is 0 Å². The molecular formula is C10H10F3NO3. The van der Waals surface area contributed by atoms with E-state index in [1.807, 2.05) is 0 Å². The van der Waals surface area contributed by atoms with E-state index in [4.69, 9.17) is 0 Å². The van der Waals surface area contributed by atoms with Gasteiger partial charge in [0.05, 0.1) is 24.9 Å². The fraction of sp³-hybridized carbons (Fsp3) is 0.400. The van der Waals surface area contributed by atoms with Crippen LogP contribution in [-0.2, 0) is 16.0 Å². The van der Waals surface area contributed by atoms with E-state index >= 15 is 0 Å². The minimum absolute atomic E-state index is 0.0832. The van der Waals surface area contributed by atoms with E-state index in [9.17, 15) is 18.0 Å². The number of esters is 1. The number of alkyl halides is 3. The van der Waals surface area contributed by atoms with E-state index < -0.39 is 18.1 Å². The van der Waals surface area contributed by atoms with Crippen molar-refractivity contribution in [3.05, 3.63) is 24.0 Å². The summed E-state index contributed by atoms with van der Waals surface area (Å²) in [6.45, 7) is 1.90. The summed E-state index contributed by atoms with van der Waals surface area (Å²) in [4.78, 5) is 14.7. The molecule has 17 heavy (non-hydrogen) atoms. The van der Waals surface area contributed by atoms with E-state index in [1.165, 1.54) is 6.07 Å². The molecule has 0 aliphatic heterocycles. The van der Waals surface area contributed by atoms with E-state index in [2.05, 4.69) is 14.5 Å². The van der Waals surface area contributed by atoms with Crippen LogP contribution >= 0.6 is 0 Å². The summed E-state index contributed by atoms with van der Waals surface area (Å²) in [5.74, 6) is -0.908. The molecule has 0 atom stereocenters. The van der Waals surface area contributed by atoms with Crippen LogP contribution < -0.4 is 4.74 Å². The summed E-state index contributed by atoms with van der Waals surface area (Å²) >= 11 is 0. The fourth-order valence-electron chi connectivity index (χ4n) is 1.07. The highest BCUT2D eigenvalue weighted by Gasteiger charge is 2.31. The lowest BCUT2D eigenvalue weighted by molar-refractivity contribution is -0.274. The van der Waals surface area contributed by atoms with Crippen molar-refractivity contribution in [2.24, 2.45) is 0 Å². The Labute approximate surface area is 95.4 Å². The molecule has 7 heteroatoms. The van der Waals surface area contributed by atoms with Crippen LogP contribution in [-0.4, -0.2) is 23.9 Å². The summed E-state index contributed by atoms with van der Waals surface area (Å²) in [5.41, 5.74) is 0.318. The van der Waals surface area contributed by atoms with Crippen molar-refractivity contribution in [3.8, 4) is 5.75 Å². The quantitative estimate of drug-likeness (QED) is 0.766. The molecular weight excluding hydrogens is 239 g/mol. The molecule has 0 saturated carbocycles. The molecule has 0 unspecified atom stereocenters.